The molecule has 0 radical (unpaired) electrons. The fourth-order valence-corrected chi connectivity index (χ4v) is 5.54. The maximum absolute atomic E-state index is 11.0. The van der Waals surface area contributed by atoms with E-state index >= 15 is 0 Å². The third kappa shape index (κ3) is 2.16. The molecular formula is C20H30O. The molecule has 1 N–H and O–H groups in total. The topological polar surface area (TPSA) is 20.2 Å². The Labute approximate surface area is 129 Å². The molecule has 3 aliphatic carbocycles. The molecule has 2 fully saturated rings. The Morgan fingerprint density at radius 1 is 1.52 bits per heavy atom. The Hall–Kier alpha value is -0.820. The highest BCUT2D eigenvalue weighted by atomic mass is 16.3. The van der Waals surface area contributed by atoms with Crippen LogP contribution < -0.4 is 0 Å². The van der Waals surface area contributed by atoms with Crippen LogP contribution in [0.1, 0.15) is 53.4 Å². The first-order valence-electron chi connectivity index (χ1n) is 8.52. The summed E-state index contributed by atoms with van der Waals surface area (Å²) in [6.45, 7) is 12.7. The maximum atomic E-state index is 11.0. The maximum Gasteiger partial charge on any atom is 0.0833 e. The normalized spacial score (nSPS) is 44.0. The molecule has 0 aliphatic heterocycles. The van der Waals surface area contributed by atoms with Crippen LogP contribution >= 0.6 is 0 Å². The number of fused-ring (bicyclic) bond motifs is 1. The van der Waals surface area contributed by atoms with E-state index in [9.17, 15) is 5.11 Å². The summed E-state index contributed by atoms with van der Waals surface area (Å²) in [4.78, 5) is 0. The first-order chi connectivity index (χ1) is 9.80. The van der Waals surface area contributed by atoms with Gasteiger partial charge in [-0.3, -0.25) is 0 Å². The molecule has 3 rings (SSSR count). The Kier molecular flexibility index (Phi) is 3.48. The molecule has 1 spiro atoms. The van der Waals surface area contributed by atoms with E-state index in [4.69, 9.17) is 0 Å². The smallest absolute Gasteiger partial charge is 0.0833 e. The molecule has 21 heavy (non-hydrogen) atoms. The summed E-state index contributed by atoms with van der Waals surface area (Å²) in [5.41, 5.74) is 2.53. The summed E-state index contributed by atoms with van der Waals surface area (Å²) >= 11 is 0. The monoisotopic (exact) mass is 286 g/mol. The van der Waals surface area contributed by atoms with Crippen molar-refractivity contribution in [1.29, 1.82) is 0 Å². The SMILES string of the molecule is C=C(C)C/C=C/C(C)(O)[C@@H]1CC=C(C)[C@]23CC[C@@H](C)[C@H]2[C@H]13. The second-order valence-electron chi connectivity index (χ2n) is 8.13. The van der Waals surface area contributed by atoms with Crippen LogP contribution in [0, 0.1) is 29.1 Å². The number of hydrogen-bond acceptors (Lipinski definition) is 1. The molecule has 0 aromatic rings. The van der Waals surface area contributed by atoms with Gasteiger partial charge in [-0.25, -0.2) is 0 Å². The Morgan fingerprint density at radius 3 is 2.90 bits per heavy atom. The van der Waals surface area contributed by atoms with Crippen LogP contribution in [0.4, 0.5) is 0 Å². The van der Waals surface area contributed by atoms with E-state index in [0.717, 1.165) is 30.3 Å². The highest BCUT2D eigenvalue weighted by molar-refractivity contribution is 5.37. The minimum Gasteiger partial charge on any atom is -0.386 e. The van der Waals surface area contributed by atoms with Crippen LogP contribution in [-0.4, -0.2) is 10.7 Å². The van der Waals surface area contributed by atoms with Crippen molar-refractivity contribution >= 4 is 0 Å². The van der Waals surface area contributed by atoms with Gasteiger partial charge in [0.2, 0.25) is 0 Å². The van der Waals surface area contributed by atoms with Gasteiger partial charge in [0.1, 0.15) is 0 Å². The van der Waals surface area contributed by atoms with Gasteiger partial charge in [-0.1, -0.05) is 42.9 Å². The van der Waals surface area contributed by atoms with Crippen molar-refractivity contribution < 1.29 is 5.11 Å². The van der Waals surface area contributed by atoms with Crippen molar-refractivity contribution in [3.63, 3.8) is 0 Å². The fraction of sp³-hybridized carbons (Fsp3) is 0.700. The summed E-state index contributed by atoms with van der Waals surface area (Å²) in [7, 11) is 0. The lowest BCUT2D eigenvalue weighted by Gasteiger charge is -2.36. The van der Waals surface area contributed by atoms with Crippen molar-refractivity contribution in [2.45, 2.75) is 59.0 Å². The van der Waals surface area contributed by atoms with E-state index in [1.165, 1.54) is 12.8 Å². The Morgan fingerprint density at radius 2 is 2.24 bits per heavy atom. The summed E-state index contributed by atoms with van der Waals surface area (Å²) in [5.74, 6) is 2.74. The molecule has 0 heterocycles. The van der Waals surface area contributed by atoms with Gasteiger partial charge in [0, 0.05) is 0 Å². The van der Waals surface area contributed by atoms with Gasteiger partial charge < -0.3 is 5.11 Å². The lowest BCUT2D eigenvalue weighted by Crippen LogP contribution is -2.37. The first-order valence-corrected chi connectivity index (χ1v) is 8.52. The summed E-state index contributed by atoms with van der Waals surface area (Å²) < 4.78 is 0. The number of hydrogen-bond donors (Lipinski definition) is 1. The predicted octanol–water partition coefficient (Wildman–Crippen LogP) is 4.89. The molecule has 1 unspecified atom stereocenters. The highest BCUT2D eigenvalue weighted by Crippen LogP contribution is 2.78. The van der Waals surface area contributed by atoms with Crippen molar-refractivity contribution in [3.05, 3.63) is 36.0 Å². The Bertz CT molecular complexity index is 510. The minimum atomic E-state index is -0.686. The van der Waals surface area contributed by atoms with Gasteiger partial charge in [0.05, 0.1) is 5.60 Å². The molecule has 3 aliphatic rings. The summed E-state index contributed by atoms with van der Waals surface area (Å²) in [6.07, 6.45) is 11.2. The van der Waals surface area contributed by atoms with Crippen LogP contribution in [-0.2, 0) is 0 Å². The standard InChI is InChI=1S/C20H30O/c1-13(2)7-6-11-19(5,21)16-9-8-15(4)20-12-10-14(3)17(20)18(16)20/h6,8,11,14,16-18,21H,1,7,9-10,12H2,2-5H3/b11-6+/t14-,16-,17+,18+,19?,20-/m1/s1. The van der Waals surface area contributed by atoms with Crippen LogP contribution in [0.5, 0.6) is 0 Å². The largest absolute Gasteiger partial charge is 0.386 e. The molecule has 1 heteroatoms. The summed E-state index contributed by atoms with van der Waals surface area (Å²) in [5, 5.41) is 11.0. The van der Waals surface area contributed by atoms with Gasteiger partial charge in [-0.2, -0.15) is 0 Å². The van der Waals surface area contributed by atoms with E-state index in [0.29, 0.717) is 17.3 Å². The van der Waals surface area contributed by atoms with Crippen molar-refractivity contribution in [2.75, 3.05) is 0 Å². The van der Waals surface area contributed by atoms with E-state index in [2.05, 4.69) is 32.6 Å². The van der Waals surface area contributed by atoms with Gasteiger partial charge in [0.25, 0.3) is 0 Å². The number of allylic oxidation sites excluding steroid dienone is 4. The molecule has 0 bridgehead atoms. The number of rotatable bonds is 4. The van der Waals surface area contributed by atoms with Crippen LogP contribution in [0.15, 0.2) is 36.0 Å². The van der Waals surface area contributed by atoms with Crippen LogP contribution in [0.2, 0.25) is 0 Å². The van der Waals surface area contributed by atoms with Crippen molar-refractivity contribution in [2.24, 2.45) is 29.1 Å². The average molecular weight is 286 g/mol. The fourth-order valence-electron chi connectivity index (χ4n) is 5.54. The molecule has 0 aromatic carbocycles. The first kappa shape index (κ1) is 15.1. The van der Waals surface area contributed by atoms with Gasteiger partial charge in [-0.05, 0) is 75.5 Å². The lowest BCUT2D eigenvalue weighted by molar-refractivity contribution is 0.0228. The van der Waals surface area contributed by atoms with Gasteiger partial charge in [0.15, 0.2) is 0 Å². The van der Waals surface area contributed by atoms with Crippen LogP contribution in [0.3, 0.4) is 0 Å². The second-order valence-corrected chi connectivity index (χ2v) is 8.13. The quantitative estimate of drug-likeness (QED) is 0.730. The lowest BCUT2D eigenvalue weighted by atomic mass is 9.72. The van der Waals surface area contributed by atoms with E-state index in [1.54, 1.807) is 5.57 Å². The van der Waals surface area contributed by atoms with Crippen molar-refractivity contribution in [3.8, 4) is 0 Å². The Balaban J connectivity index is 1.81. The van der Waals surface area contributed by atoms with Crippen molar-refractivity contribution in [1.82, 2.24) is 0 Å². The summed E-state index contributed by atoms with van der Waals surface area (Å²) in [6, 6.07) is 0. The van der Waals surface area contributed by atoms with Gasteiger partial charge in [-0.15, -0.1) is 0 Å². The predicted molar refractivity (Wildman–Crippen MR) is 88.9 cm³/mol. The molecule has 1 nitrogen and oxygen atoms in total. The number of aliphatic hydroxyl groups is 1. The molecular weight excluding hydrogens is 256 g/mol. The van der Waals surface area contributed by atoms with E-state index in [1.807, 2.05) is 19.9 Å². The average Bonchev–Trinajstić information content (AvgIpc) is 2.95. The highest BCUT2D eigenvalue weighted by Gasteiger charge is 2.73. The van der Waals surface area contributed by atoms with Gasteiger partial charge >= 0.3 is 0 Å². The van der Waals surface area contributed by atoms with E-state index in [-0.39, 0.29) is 0 Å². The zero-order chi connectivity index (χ0) is 15.4. The molecule has 6 atom stereocenters. The third-order valence-corrected chi connectivity index (χ3v) is 6.61. The molecule has 2 saturated carbocycles. The van der Waals surface area contributed by atoms with Crippen LogP contribution in [0.25, 0.3) is 0 Å². The zero-order valence-corrected chi connectivity index (χ0v) is 14.0. The minimum absolute atomic E-state index is 0.385. The molecule has 0 aromatic heterocycles. The zero-order valence-electron chi connectivity index (χ0n) is 14.0. The molecule has 0 saturated heterocycles. The second kappa shape index (κ2) is 4.84. The van der Waals surface area contributed by atoms with E-state index < -0.39 is 5.60 Å². The third-order valence-electron chi connectivity index (χ3n) is 6.61. The molecule has 116 valence electrons. The molecule has 0 amide bonds.